The van der Waals surface area contributed by atoms with Gasteiger partial charge in [0.1, 0.15) is 0 Å². The highest BCUT2D eigenvalue weighted by atomic mass is 127. The molecule has 0 amide bonds. The van der Waals surface area contributed by atoms with Crippen LogP contribution in [0.5, 0.6) is 0 Å². The van der Waals surface area contributed by atoms with Crippen molar-refractivity contribution in [1.29, 1.82) is 0 Å². The fourth-order valence-corrected chi connectivity index (χ4v) is 1.44. The van der Waals surface area contributed by atoms with E-state index in [1.807, 2.05) is 12.4 Å². The Morgan fingerprint density at radius 2 is 2.36 bits per heavy atom. The summed E-state index contributed by atoms with van der Waals surface area (Å²) in [6.07, 6.45) is 5.11. The molecule has 0 aliphatic rings. The molecule has 0 bridgehead atoms. The minimum absolute atomic E-state index is 0.771. The van der Waals surface area contributed by atoms with Gasteiger partial charge in [-0.1, -0.05) is 13.8 Å². The van der Waals surface area contributed by atoms with E-state index < -0.39 is 0 Å². The Bertz CT molecular complexity index is 218. The Labute approximate surface area is 81.2 Å². The van der Waals surface area contributed by atoms with Crippen LogP contribution in [0.1, 0.15) is 20.3 Å². The lowest BCUT2D eigenvalue weighted by atomic mass is 10.1. The molecule has 1 heterocycles. The molecule has 1 rings (SSSR count). The van der Waals surface area contributed by atoms with Crippen molar-refractivity contribution in [3.05, 3.63) is 16.2 Å². The van der Waals surface area contributed by atoms with Crippen LogP contribution in [-0.4, -0.2) is 9.55 Å². The van der Waals surface area contributed by atoms with Gasteiger partial charge in [0, 0.05) is 18.9 Å². The molecule has 0 radical (unpaired) electrons. The molecule has 62 valence electrons. The van der Waals surface area contributed by atoms with Gasteiger partial charge in [0.2, 0.25) is 0 Å². The number of aromatic nitrogens is 2. The summed E-state index contributed by atoms with van der Waals surface area (Å²) in [4.78, 5) is 4.14. The first-order valence-electron chi connectivity index (χ1n) is 3.87. The van der Waals surface area contributed by atoms with Crippen molar-refractivity contribution < 1.29 is 0 Å². The molecule has 2 nitrogen and oxygen atoms in total. The van der Waals surface area contributed by atoms with Gasteiger partial charge >= 0.3 is 0 Å². The lowest BCUT2D eigenvalue weighted by molar-refractivity contribution is 0.510. The molecule has 11 heavy (non-hydrogen) atoms. The van der Waals surface area contributed by atoms with E-state index in [-0.39, 0.29) is 0 Å². The summed E-state index contributed by atoms with van der Waals surface area (Å²) in [5.74, 6) is 0.771. The van der Waals surface area contributed by atoms with Crippen molar-refractivity contribution in [2.24, 2.45) is 5.92 Å². The molecule has 0 unspecified atom stereocenters. The summed E-state index contributed by atoms with van der Waals surface area (Å²) in [5.41, 5.74) is 0. The number of aryl methyl sites for hydroxylation is 1. The van der Waals surface area contributed by atoms with Crippen LogP contribution in [0.15, 0.2) is 12.4 Å². The van der Waals surface area contributed by atoms with Crippen LogP contribution in [-0.2, 0) is 6.54 Å². The lowest BCUT2D eigenvalue weighted by Crippen LogP contribution is -2.02. The molecule has 0 saturated heterocycles. The van der Waals surface area contributed by atoms with Crippen LogP contribution in [0.2, 0.25) is 0 Å². The van der Waals surface area contributed by atoms with E-state index in [0.29, 0.717) is 0 Å². The first-order valence-corrected chi connectivity index (χ1v) is 4.94. The largest absolute Gasteiger partial charge is 0.326 e. The number of hydrogen-bond donors (Lipinski definition) is 0. The number of imidazole rings is 1. The van der Waals surface area contributed by atoms with Crippen LogP contribution in [0.25, 0.3) is 0 Å². The molecule has 0 N–H and O–H groups in total. The second kappa shape index (κ2) is 4.09. The smallest absolute Gasteiger partial charge is 0.171 e. The molecule has 1 aromatic rings. The van der Waals surface area contributed by atoms with E-state index in [9.17, 15) is 0 Å². The molecular weight excluding hydrogens is 251 g/mol. The van der Waals surface area contributed by atoms with Crippen LogP contribution in [0.3, 0.4) is 0 Å². The zero-order valence-corrected chi connectivity index (χ0v) is 9.08. The Hall–Kier alpha value is -0.0600. The molecule has 0 saturated carbocycles. The van der Waals surface area contributed by atoms with E-state index in [2.05, 4.69) is 46.0 Å². The predicted molar refractivity (Wildman–Crippen MR) is 54.4 cm³/mol. The van der Waals surface area contributed by atoms with Crippen LogP contribution < -0.4 is 0 Å². The molecule has 0 aliphatic heterocycles. The summed E-state index contributed by atoms with van der Waals surface area (Å²) in [6.45, 7) is 5.57. The predicted octanol–water partition coefficient (Wildman–Crippen LogP) is 2.53. The Morgan fingerprint density at radius 1 is 1.64 bits per heavy atom. The van der Waals surface area contributed by atoms with Crippen molar-refractivity contribution in [3.63, 3.8) is 0 Å². The van der Waals surface area contributed by atoms with Crippen LogP contribution in [0, 0.1) is 9.75 Å². The first kappa shape index (κ1) is 9.03. The summed E-state index contributed by atoms with van der Waals surface area (Å²) in [7, 11) is 0. The zero-order chi connectivity index (χ0) is 8.27. The minimum Gasteiger partial charge on any atom is -0.326 e. The van der Waals surface area contributed by atoms with Crippen molar-refractivity contribution in [1.82, 2.24) is 9.55 Å². The third-order valence-corrected chi connectivity index (χ3v) is 2.51. The highest BCUT2D eigenvalue weighted by Crippen LogP contribution is 2.06. The van der Waals surface area contributed by atoms with Gasteiger partial charge in [0.15, 0.2) is 3.83 Å². The van der Waals surface area contributed by atoms with Crippen molar-refractivity contribution >= 4 is 22.6 Å². The monoisotopic (exact) mass is 264 g/mol. The maximum atomic E-state index is 4.14. The third-order valence-electron chi connectivity index (χ3n) is 1.61. The Kier molecular flexibility index (Phi) is 3.36. The standard InChI is InChI=1S/C8H13IN2/c1-7(2)3-5-11-6-4-10-8(11)9/h4,6-7H,3,5H2,1-2H3. The second-order valence-electron chi connectivity index (χ2n) is 3.07. The van der Waals surface area contributed by atoms with E-state index in [1.165, 1.54) is 6.42 Å². The van der Waals surface area contributed by atoms with Crippen LogP contribution in [0.4, 0.5) is 0 Å². The van der Waals surface area contributed by atoms with Crippen molar-refractivity contribution in [2.75, 3.05) is 0 Å². The minimum atomic E-state index is 0.771. The highest BCUT2D eigenvalue weighted by Gasteiger charge is 1.98. The number of rotatable bonds is 3. The molecular formula is C8H13IN2. The van der Waals surface area contributed by atoms with Gasteiger partial charge < -0.3 is 4.57 Å². The average Bonchev–Trinajstić information content (AvgIpc) is 2.31. The summed E-state index contributed by atoms with van der Waals surface area (Å²) >= 11 is 2.25. The molecule has 0 atom stereocenters. The molecule has 0 aromatic carbocycles. The SMILES string of the molecule is CC(C)CCn1ccnc1I. The lowest BCUT2D eigenvalue weighted by Gasteiger charge is -2.05. The average molecular weight is 264 g/mol. The number of halogens is 1. The van der Waals surface area contributed by atoms with E-state index in [0.717, 1.165) is 16.3 Å². The van der Waals surface area contributed by atoms with Crippen molar-refractivity contribution in [3.8, 4) is 0 Å². The topological polar surface area (TPSA) is 17.8 Å². The third kappa shape index (κ3) is 2.81. The second-order valence-corrected chi connectivity index (χ2v) is 4.04. The quantitative estimate of drug-likeness (QED) is 0.767. The molecule has 3 heteroatoms. The van der Waals surface area contributed by atoms with Gasteiger partial charge in [-0.25, -0.2) is 4.98 Å². The Morgan fingerprint density at radius 3 is 2.82 bits per heavy atom. The maximum absolute atomic E-state index is 4.14. The van der Waals surface area contributed by atoms with Gasteiger partial charge in [-0.3, -0.25) is 0 Å². The summed E-state index contributed by atoms with van der Waals surface area (Å²) in [5, 5.41) is 0. The highest BCUT2D eigenvalue weighted by molar-refractivity contribution is 14.1. The number of nitrogens with zero attached hydrogens (tertiary/aromatic N) is 2. The summed E-state index contributed by atoms with van der Waals surface area (Å²) in [6, 6.07) is 0. The van der Waals surface area contributed by atoms with Gasteiger partial charge in [-0.2, -0.15) is 0 Å². The van der Waals surface area contributed by atoms with Gasteiger partial charge in [0.05, 0.1) is 0 Å². The number of hydrogen-bond acceptors (Lipinski definition) is 1. The maximum Gasteiger partial charge on any atom is 0.171 e. The first-order chi connectivity index (χ1) is 5.20. The van der Waals surface area contributed by atoms with Gasteiger partial charge in [-0.15, -0.1) is 0 Å². The van der Waals surface area contributed by atoms with E-state index in [1.54, 1.807) is 0 Å². The van der Waals surface area contributed by atoms with Crippen molar-refractivity contribution in [2.45, 2.75) is 26.8 Å². The fourth-order valence-electron chi connectivity index (χ4n) is 0.875. The van der Waals surface area contributed by atoms with E-state index in [4.69, 9.17) is 0 Å². The van der Waals surface area contributed by atoms with Gasteiger partial charge in [0.25, 0.3) is 0 Å². The molecule has 0 spiro atoms. The molecule has 0 aliphatic carbocycles. The normalized spacial score (nSPS) is 10.9. The fraction of sp³-hybridized carbons (Fsp3) is 0.625. The molecule has 1 aromatic heterocycles. The molecule has 0 fully saturated rings. The summed E-state index contributed by atoms with van der Waals surface area (Å²) < 4.78 is 3.27. The Balaban J connectivity index is 2.44. The van der Waals surface area contributed by atoms with Crippen LogP contribution >= 0.6 is 22.6 Å². The zero-order valence-electron chi connectivity index (χ0n) is 6.92. The van der Waals surface area contributed by atoms with Gasteiger partial charge in [-0.05, 0) is 34.9 Å². The van der Waals surface area contributed by atoms with E-state index >= 15 is 0 Å².